The molecule has 2 amide bonds. The summed E-state index contributed by atoms with van der Waals surface area (Å²) < 4.78 is 0. The van der Waals surface area contributed by atoms with Crippen molar-refractivity contribution in [3.63, 3.8) is 0 Å². The fourth-order valence-electron chi connectivity index (χ4n) is 8.77. The van der Waals surface area contributed by atoms with Crippen LogP contribution >= 0.6 is 0 Å². The molecule has 2 fully saturated rings. The van der Waals surface area contributed by atoms with E-state index in [0.717, 1.165) is 47.4 Å². The van der Waals surface area contributed by atoms with Crippen LogP contribution in [0.5, 0.6) is 0 Å². The van der Waals surface area contributed by atoms with E-state index in [2.05, 4.69) is 74.9 Å². The van der Waals surface area contributed by atoms with Crippen molar-refractivity contribution in [3.05, 3.63) is 84.1 Å². The van der Waals surface area contributed by atoms with Gasteiger partial charge in [-0.15, -0.1) is 0 Å². The molecule has 2 atom stereocenters. The van der Waals surface area contributed by atoms with Gasteiger partial charge in [-0.3, -0.25) is 9.59 Å². The lowest BCUT2D eigenvalue weighted by Crippen LogP contribution is -2.48. The minimum absolute atomic E-state index is 0.00464. The molecule has 3 heterocycles. The molecule has 3 N–H and O–H groups in total. The molecule has 3 aromatic carbocycles. The Balaban J connectivity index is 1.15. The fraction of sp³-hybridized carbons (Fsp3) is 0.385. The second-order valence-corrected chi connectivity index (χ2v) is 14.1. The maximum absolute atomic E-state index is 13.5. The standard InChI is InChI=1S/C39H42N6O2/c1-24(2)36(42-23-46)38(47)45-19-5-6-34(45)37-43-31-14-11-27(20-32(31)44-37)28-12-13-29(35-30(28)15-18-39(35)16-3-4-17-39)25-7-9-26(10-8-25)33-21-40-22-41-33/h7-14,20-24,34,36H,3-6,15-19H2,1-2H3,(H,40,41)(H,42,46)(H,43,44). The third kappa shape index (κ3) is 5.05. The number of imidazole rings is 2. The first kappa shape index (κ1) is 29.7. The van der Waals surface area contributed by atoms with Crippen molar-refractivity contribution < 1.29 is 9.59 Å². The predicted molar refractivity (Wildman–Crippen MR) is 185 cm³/mol. The number of carbonyl (C=O) groups excluding carboxylic acids is 2. The zero-order valence-corrected chi connectivity index (χ0v) is 27.2. The van der Waals surface area contributed by atoms with Crippen molar-refractivity contribution in [1.82, 2.24) is 30.2 Å². The van der Waals surface area contributed by atoms with Crippen molar-refractivity contribution in [2.24, 2.45) is 5.92 Å². The summed E-state index contributed by atoms with van der Waals surface area (Å²) >= 11 is 0. The van der Waals surface area contributed by atoms with Gasteiger partial charge in [0.1, 0.15) is 11.9 Å². The van der Waals surface area contributed by atoms with Gasteiger partial charge in [-0.1, -0.05) is 69.2 Å². The Kier molecular flexibility index (Phi) is 7.46. The number of nitrogens with one attached hydrogen (secondary N) is 3. The SMILES string of the molecule is CC(C)C(NC=O)C(=O)N1CCCC1c1nc2cc(-c3ccc(-c4ccc(-c5cnc[nH]5)cc4)c4c3CCC43CCCC3)ccc2[nH]1. The summed E-state index contributed by atoms with van der Waals surface area (Å²) in [5.74, 6) is 0.786. The maximum atomic E-state index is 13.5. The van der Waals surface area contributed by atoms with Crippen molar-refractivity contribution in [2.45, 2.75) is 82.7 Å². The lowest BCUT2D eigenvalue weighted by molar-refractivity contribution is -0.137. The van der Waals surface area contributed by atoms with Gasteiger partial charge in [-0.05, 0) is 101 Å². The van der Waals surface area contributed by atoms with Gasteiger partial charge in [0.15, 0.2) is 0 Å². The van der Waals surface area contributed by atoms with E-state index in [1.165, 1.54) is 59.9 Å². The third-order valence-corrected chi connectivity index (χ3v) is 11.1. The molecule has 1 saturated carbocycles. The number of nitrogens with zero attached hydrogens (tertiary/aromatic N) is 3. The van der Waals surface area contributed by atoms with E-state index in [4.69, 9.17) is 4.98 Å². The van der Waals surface area contributed by atoms with Crippen LogP contribution in [0.2, 0.25) is 0 Å². The number of carbonyl (C=O) groups is 2. The molecular formula is C39H42N6O2. The molecule has 1 aliphatic heterocycles. The number of rotatable bonds is 8. The van der Waals surface area contributed by atoms with Crippen LogP contribution in [-0.4, -0.2) is 49.7 Å². The second-order valence-electron chi connectivity index (χ2n) is 14.1. The predicted octanol–water partition coefficient (Wildman–Crippen LogP) is 7.48. The number of aromatic nitrogens is 4. The van der Waals surface area contributed by atoms with Crippen LogP contribution in [0, 0.1) is 5.92 Å². The Bertz CT molecular complexity index is 1930. The molecule has 8 nitrogen and oxygen atoms in total. The highest BCUT2D eigenvalue weighted by atomic mass is 16.2. The number of aromatic amines is 2. The van der Waals surface area contributed by atoms with E-state index >= 15 is 0 Å². The molecule has 5 aromatic rings. The number of likely N-dealkylation sites (tertiary alicyclic amines) is 1. The van der Waals surface area contributed by atoms with Gasteiger partial charge in [-0.2, -0.15) is 0 Å². The van der Waals surface area contributed by atoms with E-state index in [1.54, 1.807) is 11.9 Å². The third-order valence-electron chi connectivity index (χ3n) is 11.1. The molecule has 8 rings (SSSR count). The molecule has 47 heavy (non-hydrogen) atoms. The van der Waals surface area contributed by atoms with Gasteiger partial charge in [0, 0.05) is 6.54 Å². The maximum Gasteiger partial charge on any atom is 0.246 e. The van der Waals surface area contributed by atoms with Crippen molar-refractivity contribution in [3.8, 4) is 33.5 Å². The van der Waals surface area contributed by atoms with Gasteiger partial charge in [-0.25, -0.2) is 9.97 Å². The second kappa shape index (κ2) is 11.8. The zero-order valence-electron chi connectivity index (χ0n) is 27.2. The monoisotopic (exact) mass is 626 g/mol. The first-order valence-electron chi connectivity index (χ1n) is 17.2. The molecule has 3 aliphatic rings. The molecule has 0 radical (unpaired) electrons. The summed E-state index contributed by atoms with van der Waals surface area (Å²) in [6.45, 7) is 4.59. The van der Waals surface area contributed by atoms with Gasteiger partial charge in [0.25, 0.3) is 0 Å². The Hall–Kier alpha value is -4.72. The summed E-state index contributed by atoms with van der Waals surface area (Å²) in [4.78, 5) is 42.7. The molecule has 240 valence electrons. The lowest BCUT2D eigenvalue weighted by atomic mass is 9.76. The molecule has 1 saturated heterocycles. The smallest absolute Gasteiger partial charge is 0.246 e. The Morgan fingerprint density at radius 3 is 2.49 bits per heavy atom. The number of hydrogen-bond donors (Lipinski definition) is 3. The van der Waals surface area contributed by atoms with Crippen molar-refractivity contribution in [2.75, 3.05) is 6.54 Å². The Labute approximate surface area is 275 Å². The highest BCUT2D eigenvalue weighted by Gasteiger charge is 2.43. The number of H-pyrrole nitrogens is 2. The van der Waals surface area contributed by atoms with Gasteiger partial charge >= 0.3 is 0 Å². The van der Waals surface area contributed by atoms with Gasteiger partial charge in [0.2, 0.25) is 12.3 Å². The molecule has 2 unspecified atom stereocenters. The number of hydrogen-bond acceptors (Lipinski definition) is 4. The average Bonchev–Trinajstić information content (AvgIpc) is 3.93. The molecular weight excluding hydrogens is 584 g/mol. The Morgan fingerprint density at radius 2 is 1.74 bits per heavy atom. The van der Waals surface area contributed by atoms with Crippen LogP contribution in [0.25, 0.3) is 44.5 Å². The largest absolute Gasteiger partial charge is 0.347 e. The molecule has 2 aliphatic carbocycles. The van der Waals surface area contributed by atoms with Crippen molar-refractivity contribution in [1.29, 1.82) is 0 Å². The van der Waals surface area contributed by atoms with Crippen LogP contribution in [-0.2, 0) is 21.4 Å². The summed E-state index contributed by atoms with van der Waals surface area (Å²) in [7, 11) is 0. The van der Waals surface area contributed by atoms with E-state index in [0.29, 0.717) is 13.0 Å². The summed E-state index contributed by atoms with van der Waals surface area (Å²) in [5, 5.41) is 2.74. The molecule has 2 aromatic heterocycles. The van der Waals surface area contributed by atoms with Crippen LogP contribution in [0.3, 0.4) is 0 Å². The highest BCUT2D eigenvalue weighted by Crippen LogP contribution is 2.55. The topological polar surface area (TPSA) is 107 Å². The number of benzene rings is 3. The zero-order chi connectivity index (χ0) is 32.1. The summed E-state index contributed by atoms with van der Waals surface area (Å²) in [6.07, 6.45) is 13.4. The van der Waals surface area contributed by atoms with E-state index < -0.39 is 6.04 Å². The fourth-order valence-corrected chi connectivity index (χ4v) is 8.77. The minimum atomic E-state index is -0.536. The van der Waals surface area contributed by atoms with E-state index in [9.17, 15) is 9.59 Å². The number of amides is 2. The van der Waals surface area contributed by atoms with Crippen molar-refractivity contribution >= 4 is 23.4 Å². The van der Waals surface area contributed by atoms with Gasteiger partial charge in [0.05, 0.1) is 35.3 Å². The molecule has 8 heteroatoms. The van der Waals surface area contributed by atoms with E-state index in [1.807, 2.05) is 24.9 Å². The Morgan fingerprint density at radius 1 is 0.979 bits per heavy atom. The summed E-state index contributed by atoms with van der Waals surface area (Å²) in [6, 6.07) is 19.5. The number of fused-ring (bicyclic) bond motifs is 3. The average molecular weight is 627 g/mol. The van der Waals surface area contributed by atoms with Gasteiger partial charge < -0.3 is 20.2 Å². The lowest BCUT2D eigenvalue weighted by Gasteiger charge is -2.29. The van der Waals surface area contributed by atoms with Crippen LogP contribution in [0.15, 0.2) is 67.1 Å². The van der Waals surface area contributed by atoms with Crippen LogP contribution in [0.4, 0.5) is 0 Å². The van der Waals surface area contributed by atoms with Crippen LogP contribution in [0.1, 0.15) is 81.8 Å². The highest BCUT2D eigenvalue weighted by molar-refractivity contribution is 5.87. The molecule has 1 spiro atoms. The minimum Gasteiger partial charge on any atom is -0.347 e. The summed E-state index contributed by atoms with van der Waals surface area (Å²) in [5.41, 5.74) is 12.5. The van der Waals surface area contributed by atoms with E-state index in [-0.39, 0.29) is 23.3 Å². The quantitative estimate of drug-likeness (QED) is 0.155. The first-order valence-corrected chi connectivity index (χ1v) is 17.2. The van der Waals surface area contributed by atoms with Crippen LogP contribution < -0.4 is 5.32 Å². The normalized spacial score (nSPS) is 19.1. The first-order chi connectivity index (χ1) is 23.0. The molecule has 0 bridgehead atoms.